The molecule has 0 aromatic heterocycles. The summed E-state index contributed by atoms with van der Waals surface area (Å²) in [5.74, 6) is 0.853. The molecule has 2 amide bonds. The summed E-state index contributed by atoms with van der Waals surface area (Å²) in [4.78, 5) is 24.1. The predicted molar refractivity (Wildman–Crippen MR) is 65.2 cm³/mol. The Morgan fingerprint density at radius 1 is 0.941 bits per heavy atom. The van der Waals surface area contributed by atoms with Crippen LogP contribution in [0.15, 0.2) is 0 Å². The molecule has 0 aromatic rings. The van der Waals surface area contributed by atoms with Gasteiger partial charge in [0, 0.05) is 13.1 Å². The van der Waals surface area contributed by atoms with Gasteiger partial charge in [-0.2, -0.15) is 0 Å². The molecule has 96 valence electrons. The standard InChI is InChI=1S/C13H22N2O2/c1-3-14-12(16)10-8-5-6-9(7-8)11(10)13(17)15-4-2/h8-11H,3-7H2,1-2H3,(H,14,16)(H,15,17)/t8-,9+,10-,11+. The number of carbonyl (C=O) groups excluding carboxylic acids is 2. The third-order valence-electron chi connectivity index (χ3n) is 4.22. The lowest BCUT2D eigenvalue weighted by molar-refractivity contribution is -0.137. The molecule has 2 N–H and O–H groups in total. The predicted octanol–water partition coefficient (Wildman–Crippen LogP) is 0.921. The summed E-state index contributed by atoms with van der Waals surface area (Å²) < 4.78 is 0. The molecule has 4 nitrogen and oxygen atoms in total. The average molecular weight is 238 g/mol. The van der Waals surface area contributed by atoms with Gasteiger partial charge < -0.3 is 10.6 Å². The molecule has 0 radical (unpaired) electrons. The quantitative estimate of drug-likeness (QED) is 0.765. The van der Waals surface area contributed by atoms with E-state index in [0.29, 0.717) is 24.9 Å². The van der Waals surface area contributed by atoms with Crippen LogP contribution < -0.4 is 10.6 Å². The van der Waals surface area contributed by atoms with Crippen LogP contribution in [0, 0.1) is 23.7 Å². The molecule has 2 bridgehead atoms. The largest absolute Gasteiger partial charge is 0.356 e. The van der Waals surface area contributed by atoms with Gasteiger partial charge >= 0.3 is 0 Å². The highest BCUT2D eigenvalue weighted by Gasteiger charge is 2.53. The van der Waals surface area contributed by atoms with Crippen LogP contribution in [0.2, 0.25) is 0 Å². The van der Waals surface area contributed by atoms with Gasteiger partial charge in [0.15, 0.2) is 0 Å². The van der Waals surface area contributed by atoms with Crippen molar-refractivity contribution in [1.29, 1.82) is 0 Å². The number of amides is 2. The lowest BCUT2D eigenvalue weighted by atomic mass is 9.78. The fraction of sp³-hybridized carbons (Fsp3) is 0.846. The lowest BCUT2D eigenvalue weighted by Crippen LogP contribution is -2.45. The van der Waals surface area contributed by atoms with Gasteiger partial charge in [0.05, 0.1) is 11.8 Å². The summed E-state index contributed by atoms with van der Waals surface area (Å²) in [6.07, 6.45) is 3.29. The minimum Gasteiger partial charge on any atom is -0.356 e. The van der Waals surface area contributed by atoms with Crippen LogP contribution in [-0.2, 0) is 9.59 Å². The van der Waals surface area contributed by atoms with Crippen LogP contribution in [0.25, 0.3) is 0 Å². The van der Waals surface area contributed by atoms with Crippen molar-refractivity contribution in [2.24, 2.45) is 23.7 Å². The molecule has 0 aromatic carbocycles. The van der Waals surface area contributed by atoms with Crippen molar-refractivity contribution in [3.05, 3.63) is 0 Å². The van der Waals surface area contributed by atoms with E-state index in [0.717, 1.165) is 19.3 Å². The Bertz CT molecular complexity index is 287. The van der Waals surface area contributed by atoms with E-state index in [1.165, 1.54) is 0 Å². The Balaban J connectivity index is 2.11. The maximum absolute atomic E-state index is 12.1. The molecule has 0 unspecified atom stereocenters. The van der Waals surface area contributed by atoms with Crippen LogP contribution in [0.4, 0.5) is 0 Å². The third-order valence-corrected chi connectivity index (χ3v) is 4.22. The van der Waals surface area contributed by atoms with Crippen LogP contribution in [0.3, 0.4) is 0 Å². The summed E-state index contributed by atoms with van der Waals surface area (Å²) >= 11 is 0. The molecular weight excluding hydrogens is 216 g/mol. The molecule has 2 fully saturated rings. The first kappa shape index (κ1) is 12.4. The zero-order valence-corrected chi connectivity index (χ0v) is 10.7. The smallest absolute Gasteiger partial charge is 0.224 e. The zero-order chi connectivity index (χ0) is 12.4. The highest BCUT2D eigenvalue weighted by Crippen LogP contribution is 2.52. The van der Waals surface area contributed by atoms with Gasteiger partial charge in [-0.15, -0.1) is 0 Å². The number of rotatable bonds is 4. The monoisotopic (exact) mass is 238 g/mol. The van der Waals surface area contributed by atoms with E-state index in [1.54, 1.807) is 0 Å². The maximum atomic E-state index is 12.1. The molecular formula is C13H22N2O2. The van der Waals surface area contributed by atoms with Crippen molar-refractivity contribution >= 4 is 11.8 Å². The van der Waals surface area contributed by atoms with E-state index in [4.69, 9.17) is 0 Å². The number of nitrogens with one attached hydrogen (secondary N) is 2. The fourth-order valence-electron chi connectivity index (χ4n) is 3.63. The molecule has 4 heteroatoms. The van der Waals surface area contributed by atoms with Gasteiger partial charge in [-0.3, -0.25) is 9.59 Å². The summed E-state index contributed by atoms with van der Waals surface area (Å²) in [5, 5.41) is 5.76. The highest BCUT2D eigenvalue weighted by atomic mass is 16.2. The van der Waals surface area contributed by atoms with E-state index in [2.05, 4.69) is 10.6 Å². The van der Waals surface area contributed by atoms with Crippen molar-refractivity contribution < 1.29 is 9.59 Å². The van der Waals surface area contributed by atoms with Gasteiger partial charge in [0.2, 0.25) is 11.8 Å². The van der Waals surface area contributed by atoms with E-state index < -0.39 is 0 Å². The summed E-state index contributed by atoms with van der Waals surface area (Å²) in [7, 11) is 0. The van der Waals surface area contributed by atoms with Crippen molar-refractivity contribution in [1.82, 2.24) is 10.6 Å². The third kappa shape index (κ3) is 2.17. The van der Waals surface area contributed by atoms with Crippen molar-refractivity contribution in [2.75, 3.05) is 13.1 Å². The topological polar surface area (TPSA) is 58.2 Å². The van der Waals surface area contributed by atoms with Crippen molar-refractivity contribution in [3.63, 3.8) is 0 Å². The maximum Gasteiger partial charge on any atom is 0.224 e. The van der Waals surface area contributed by atoms with Gasteiger partial charge in [-0.1, -0.05) is 0 Å². The summed E-state index contributed by atoms with van der Waals surface area (Å²) in [5.41, 5.74) is 0. The molecule has 0 spiro atoms. The van der Waals surface area contributed by atoms with Crippen LogP contribution in [0.1, 0.15) is 33.1 Å². The molecule has 2 aliphatic rings. The first-order chi connectivity index (χ1) is 8.19. The molecule has 0 aliphatic heterocycles. The average Bonchev–Trinajstić information content (AvgIpc) is 2.89. The van der Waals surface area contributed by atoms with Crippen LogP contribution >= 0.6 is 0 Å². The second-order valence-corrected chi connectivity index (χ2v) is 5.17. The van der Waals surface area contributed by atoms with E-state index >= 15 is 0 Å². The van der Waals surface area contributed by atoms with Gasteiger partial charge in [-0.05, 0) is 44.9 Å². The number of hydrogen-bond acceptors (Lipinski definition) is 2. The molecule has 17 heavy (non-hydrogen) atoms. The van der Waals surface area contributed by atoms with E-state index in [-0.39, 0.29) is 23.7 Å². The lowest BCUT2D eigenvalue weighted by Gasteiger charge is -2.28. The van der Waals surface area contributed by atoms with Gasteiger partial charge in [0.25, 0.3) is 0 Å². The van der Waals surface area contributed by atoms with Crippen LogP contribution in [0.5, 0.6) is 0 Å². The number of hydrogen-bond donors (Lipinski definition) is 2. The first-order valence-corrected chi connectivity index (χ1v) is 6.74. The van der Waals surface area contributed by atoms with Crippen molar-refractivity contribution in [2.45, 2.75) is 33.1 Å². The molecule has 2 saturated carbocycles. The molecule has 2 aliphatic carbocycles. The Labute approximate surface area is 103 Å². The highest BCUT2D eigenvalue weighted by molar-refractivity contribution is 5.89. The normalized spacial score (nSPS) is 34.7. The molecule has 2 rings (SSSR count). The summed E-state index contributed by atoms with van der Waals surface area (Å²) in [6.45, 7) is 5.14. The molecule has 4 atom stereocenters. The van der Waals surface area contributed by atoms with Crippen molar-refractivity contribution in [3.8, 4) is 0 Å². The number of carbonyl (C=O) groups is 2. The molecule has 0 saturated heterocycles. The van der Waals surface area contributed by atoms with Crippen LogP contribution in [-0.4, -0.2) is 24.9 Å². The fourth-order valence-corrected chi connectivity index (χ4v) is 3.63. The van der Waals surface area contributed by atoms with Gasteiger partial charge in [0.1, 0.15) is 0 Å². The minimum absolute atomic E-state index is 0.0796. The Morgan fingerprint density at radius 2 is 1.35 bits per heavy atom. The Hall–Kier alpha value is -1.06. The second-order valence-electron chi connectivity index (χ2n) is 5.17. The SMILES string of the molecule is CCNC(=O)[C@@H]1[C@@H]2CC[C@@H](C2)[C@@H]1C(=O)NCC. The molecule has 0 heterocycles. The Morgan fingerprint density at radius 3 is 1.71 bits per heavy atom. The summed E-state index contributed by atoms with van der Waals surface area (Å²) in [6, 6.07) is 0. The van der Waals surface area contributed by atoms with E-state index in [9.17, 15) is 9.59 Å². The Kier molecular flexibility index (Phi) is 3.69. The zero-order valence-electron chi connectivity index (χ0n) is 10.7. The van der Waals surface area contributed by atoms with Gasteiger partial charge in [-0.25, -0.2) is 0 Å². The minimum atomic E-state index is -0.0831. The van der Waals surface area contributed by atoms with E-state index in [1.807, 2.05) is 13.8 Å². The second kappa shape index (κ2) is 5.07. The number of fused-ring (bicyclic) bond motifs is 2. The first-order valence-electron chi connectivity index (χ1n) is 6.74.